The van der Waals surface area contributed by atoms with Gasteiger partial charge in [0.25, 0.3) is 0 Å². The van der Waals surface area contributed by atoms with Crippen LogP contribution in [0.3, 0.4) is 0 Å². The number of imidazole rings is 1. The number of nitrogens with zero attached hydrogens (tertiary/aromatic N) is 3. The Morgan fingerprint density at radius 1 is 1.09 bits per heavy atom. The maximum Gasteiger partial charge on any atom is 0.144 e. The molecule has 2 fully saturated rings. The lowest BCUT2D eigenvalue weighted by Gasteiger charge is -2.34. The third-order valence-corrected chi connectivity index (χ3v) is 6.81. The molecule has 0 amide bonds. The van der Waals surface area contributed by atoms with Gasteiger partial charge in [0.15, 0.2) is 0 Å². The molecule has 1 saturated heterocycles. The van der Waals surface area contributed by atoms with Crippen LogP contribution in [0, 0.1) is 12.7 Å². The van der Waals surface area contributed by atoms with E-state index in [0.717, 1.165) is 83.5 Å². The number of rotatable bonds is 5. The molecule has 7 nitrogen and oxygen atoms in total. The average Bonchev–Trinajstić information content (AvgIpc) is 3.54. The Bertz CT molecular complexity index is 1380. The number of aromatic amines is 1. The van der Waals surface area contributed by atoms with Crippen LogP contribution in [0.15, 0.2) is 42.6 Å². The number of hydrogen-bond donors (Lipinski definition) is 3. The van der Waals surface area contributed by atoms with Crippen molar-refractivity contribution in [3.63, 3.8) is 0 Å². The van der Waals surface area contributed by atoms with E-state index in [0.29, 0.717) is 17.7 Å². The summed E-state index contributed by atoms with van der Waals surface area (Å²) in [5.41, 5.74) is 18.5. The highest BCUT2D eigenvalue weighted by Crippen LogP contribution is 2.43. The molecule has 4 aromatic rings. The first-order valence-electron chi connectivity index (χ1n) is 12.2. The van der Waals surface area contributed by atoms with Crippen molar-refractivity contribution in [3.8, 4) is 28.3 Å². The number of benzene rings is 2. The molecule has 2 aromatic heterocycles. The molecular weight excluding hydrogens is 443 g/mol. The Labute approximate surface area is 203 Å². The molecule has 0 unspecified atom stereocenters. The van der Waals surface area contributed by atoms with Crippen molar-refractivity contribution < 1.29 is 9.13 Å². The predicted octanol–water partition coefficient (Wildman–Crippen LogP) is 4.79. The average molecular weight is 473 g/mol. The minimum atomic E-state index is -0.281. The SMILES string of the molecule is Cc1cc(F)cc(-c2cnc(N)c(-c3nc4ccc(OC5CC5)cc4[nH]3)c2N2CCC(N)CC2)c1. The van der Waals surface area contributed by atoms with E-state index >= 15 is 0 Å². The Morgan fingerprint density at radius 3 is 2.63 bits per heavy atom. The molecule has 1 aliphatic heterocycles. The van der Waals surface area contributed by atoms with Gasteiger partial charge in [0.05, 0.1) is 28.4 Å². The highest BCUT2D eigenvalue weighted by molar-refractivity contribution is 5.95. The fourth-order valence-corrected chi connectivity index (χ4v) is 4.86. The first-order chi connectivity index (χ1) is 16.9. The highest BCUT2D eigenvalue weighted by Gasteiger charge is 2.27. The summed E-state index contributed by atoms with van der Waals surface area (Å²) in [6, 6.07) is 11.1. The number of halogens is 1. The van der Waals surface area contributed by atoms with E-state index in [1.807, 2.05) is 31.2 Å². The van der Waals surface area contributed by atoms with Gasteiger partial charge in [0, 0.05) is 37.0 Å². The van der Waals surface area contributed by atoms with Crippen LogP contribution in [0.2, 0.25) is 0 Å². The van der Waals surface area contributed by atoms with Crippen LogP contribution >= 0.6 is 0 Å². The van der Waals surface area contributed by atoms with Gasteiger partial charge in [-0.2, -0.15) is 0 Å². The van der Waals surface area contributed by atoms with Crippen LogP contribution in [-0.2, 0) is 0 Å². The van der Waals surface area contributed by atoms with Crippen LogP contribution in [0.25, 0.3) is 33.5 Å². The first kappa shape index (κ1) is 21.9. The maximum absolute atomic E-state index is 14.4. The predicted molar refractivity (Wildman–Crippen MR) is 137 cm³/mol. The van der Waals surface area contributed by atoms with Crippen molar-refractivity contribution in [1.29, 1.82) is 0 Å². The van der Waals surface area contributed by atoms with Crippen LogP contribution in [0.5, 0.6) is 5.75 Å². The number of pyridine rings is 1. The van der Waals surface area contributed by atoms with Crippen LogP contribution in [0.1, 0.15) is 31.2 Å². The zero-order valence-electron chi connectivity index (χ0n) is 19.7. The maximum atomic E-state index is 14.4. The molecule has 2 aliphatic rings. The topological polar surface area (TPSA) is 106 Å². The number of nitrogens with two attached hydrogens (primary N) is 2. The molecule has 0 bridgehead atoms. The normalized spacial score (nSPS) is 16.7. The summed E-state index contributed by atoms with van der Waals surface area (Å²) in [5.74, 6) is 1.56. The van der Waals surface area contributed by atoms with Crippen molar-refractivity contribution in [3.05, 3.63) is 54.0 Å². The third-order valence-electron chi connectivity index (χ3n) is 6.81. The summed E-state index contributed by atoms with van der Waals surface area (Å²) in [7, 11) is 0. The summed E-state index contributed by atoms with van der Waals surface area (Å²) < 4.78 is 20.4. The lowest BCUT2D eigenvalue weighted by Crippen LogP contribution is -2.40. The second-order valence-corrected chi connectivity index (χ2v) is 9.70. The van der Waals surface area contributed by atoms with E-state index in [4.69, 9.17) is 21.2 Å². The van der Waals surface area contributed by atoms with Gasteiger partial charge in [-0.1, -0.05) is 6.07 Å². The molecule has 35 heavy (non-hydrogen) atoms. The molecule has 0 spiro atoms. The number of aryl methyl sites for hydroxylation is 1. The van der Waals surface area contributed by atoms with Crippen LogP contribution in [0.4, 0.5) is 15.9 Å². The Morgan fingerprint density at radius 2 is 1.89 bits per heavy atom. The summed E-state index contributed by atoms with van der Waals surface area (Å²) >= 11 is 0. The lowest BCUT2D eigenvalue weighted by molar-refractivity contribution is 0.303. The third kappa shape index (κ3) is 4.30. The van der Waals surface area contributed by atoms with E-state index < -0.39 is 0 Å². The standard InChI is InChI=1S/C27H29FN6O/c1-15-10-16(12-17(28)11-15)21-14-31-26(30)24(25(21)34-8-6-18(29)7-9-34)27-32-22-5-4-20(13-23(22)33-27)35-19-2-3-19/h4-5,10-14,18-19H,2-3,6-9,29H2,1H3,(H2,30,31)(H,32,33). The van der Waals surface area contributed by atoms with E-state index in [2.05, 4.69) is 14.9 Å². The highest BCUT2D eigenvalue weighted by atomic mass is 19.1. The smallest absolute Gasteiger partial charge is 0.144 e. The van der Waals surface area contributed by atoms with Gasteiger partial charge in [-0.15, -0.1) is 0 Å². The molecule has 3 heterocycles. The van der Waals surface area contributed by atoms with E-state index in [1.54, 1.807) is 12.3 Å². The van der Waals surface area contributed by atoms with E-state index in [-0.39, 0.29) is 11.9 Å². The molecule has 0 radical (unpaired) electrons. The van der Waals surface area contributed by atoms with Gasteiger partial charge >= 0.3 is 0 Å². The number of nitrogens with one attached hydrogen (secondary N) is 1. The zero-order valence-corrected chi connectivity index (χ0v) is 19.7. The molecule has 1 saturated carbocycles. The number of fused-ring (bicyclic) bond motifs is 1. The summed E-state index contributed by atoms with van der Waals surface area (Å²) in [5, 5.41) is 0. The Hall–Kier alpha value is -3.65. The van der Waals surface area contributed by atoms with Gasteiger partial charge in [0.1, 0.15) is 23.2 Å². The second kappa shape index (κ2) is 8.53. The minimum Gasteiger partial charge on any atom is -0.490 e. The summed E-state index contributed by atoms with van der Waals surface area (Å²) in [6.07, 6.45) is 5.99. The molecule has 8 heteroatoms. The van der Waals surface area contributed by atoms with Gasteiger partial charge < -0.3 is 26.1 Å². The molecular formula is C27H29FN6O. The van der Waals surface area contributed by atoms with Crippen molar-refractivity contribution in [2.24, 2.45) is 5.73 Å². The number of piperidine rings is 1. The van der Waals surface area contributed by atoms with Gasteiger partial charge in [0.2, 0.25) is 0 Å². The second-order valence-electron chi connectivity index (χ2n) is 9.70. The number of nitrogen functional groups attached to an aromatic ring is 1. The van der Waals surface area contributed by atoms with Crippen molar-refractivity contribution in [2.75, 3.05) is 23.7 Å². The monoisotopic (exact) mass is 472 g/mol. The van der Waals surface area contributed by atoms with Crippen molar-refractivity contribution in [2.45, 2.75) is 44.8 Å². The molecule has 180 valence electrons. The first-order valence-corrected chi connectivity index (χ1v) is 12.2. The van der Waals surface area contributed by atoms with Crippen LogP contribution in [-0.4, -0.2) is 40.2 Å². The molecule has 0 atom stereocenters. The summed E-state index contributed by atoms with van der Waals surface area (Å²) in [6.45, 7) is 3.44. The Kier molecular flexibility index (Phi) is 5.33. The van der Waals surface area contributed by atoms with Gasteiger partial charge in [-0.25, -0.2) is 14.4 Å². The van der Waals surface area contributed by atoms with E-state index in [9.17, 15) is 4.39 Å². The number of ether oxygens (including phenoxy) is 1. The molecule has 2 aromatic carbocycles. The molecule has 6 rings (SSSR count). The molecule has 1 aliphatic carbocycles. The van der Waals surface area contributed by atoms with Gasteiger partial charge in [-0.3, -0.25) is 0 Å². The van der Waals surface area contributed by atoms with Gasteiger partial charge in [-0.05, 0) is 68.0 Å². The lowest BCUT2D eigenvalue weighted by atomic mass is 9.97. The fourth-order valence-electron chi connectivity index (χ4n) is 4.86. The van der Waals surface area contributed by atoms with Crippen LogP contribution < -0.4 is 21.1 Å². The minimum absolute atomic E-state index is 0.171. The number of aromatic nitrogens is 3. The number of anilines is 2. The van der Waals surface area contributed by atoms with Crippen molar-refractivity contribution in [1.82, 2.24) is 15.0 Å². The number of hydrogen-bond acceptors (Lipinski definition) is 6. The molecule has 5 N–H and O–H groups in total. The Balaban J connectivity index is 1.52. The quantitative estimate of drug-likeness (QED) is 0.386. The zero-order chi connectivity index (χ0) is 24.1. The van der Waals surface area contributed by atoms with E-state index in [1.165, 1.54) is 6.07 Å². The largest absolute Gasteiger partial charge is 0.490 e. The number of H-pyrrole nitrogens is 1. The van der Waals surface area contributed by atoms with Crippen molar-refractivity contribution >= 4 is 22.5 Å². The summed E-state index contributed by atoms with van der Waals surface area (Å²) in [4.78, 5) is 15.1. The fraction of sp³-hybridized carbons (Fsp3) is 0.333.